The molecule has 0 aromatic carbocycles. The molecule has 8 heavy (non-hydrogen) atoms. The van der Waals surface area contributed by atoms with Gasteiger partial charge in [0.2, 0.25) is 5.67 Å². The molecule has 1 aliphatic carbocycles. The van der Waals surface area contributed by atoms with Crippen LogP contribution in [-0.2, 0) is 0 Å². The Morgan fingerprint density at radius 3 is 2.38 bits per heavy atom. The van der Waals surface area contributed by atoms with Gasteiger partial charge in [0.25, 0.3) is 0 Å². The summed E-state index contributed by atoms with van der Waals surface area (Å²) in [7, 11) is 0. The molecule has 0 heterocycles. The predicted molar refractivity (Wildman–Crippen MR) is 23.6 cm³/mol. The van der Waals surface area contributed by atoms with E-state index in [2.05, 4.69) is 0 Å². The molecule has 2 atom stereocenters. The van der Waals surface area contributed by atoms with Crippen molar-refractivity contribution >= 4 is 0 Å². The minimum atomic E-state index is -2.14. The van der Waals surface area contributed by atoms with Crippen LogP contribution < -0.4 is 0 Å². The third-order valence-electron chi connectivity index (χ3n) is 1.44. The molecule has 0 spiro atoms. The molecular weight excluding hydrogens is 112 g/mol. The highest BCUT2D eigenvalue weighted by atomic mass is 19.2. The molecule has 0 aromatic heterocycles. The van der Waals surface area contributed by atoms with Gasteiger partial charge in [-0.05, 0) is 6.42 Å². The lowest BCUT2D eigenvalue weighted by Gasteiger charge is -2.30. The Bertz CT molecular complexity index is 140. The topological polar surface area (TPSA) is 23.8 Å². The van der Waals surface area contributed by atoms with Crippen molar-refractivity contribution in [2.75, 3.05) is 0 Å². The fourth-order valence-corrected chi connectivity index (χ4v) is 0.633. The van der Waals surface area contributed by atoms with Gasteiger partial charge < -0.3 is 0 Å². The number of halogens is 2. The summed E-state index contributed by atoms with van der Waals surface area (Å²) >= 11 is 0. The highest BCUT2D eigenvalue weighted by molar-refractivity contribution is 5.12. The fourth-order valence-electron chi connectivity index (χ4n) is 0.633. The van der Waals surface area contributed by atoms with Crippen molar-refractivity contribution in [3.63, 3.8) is 0 Å². The van der Waals surface area contributed by atoms with E-state index in [1.165, 1.54) is 6.07 Å². The number of alkyl halides is 2. The van der Waals surface area contributed by atoms with Crippen LogP contribution in [0, 0.1) is 11.3 Å². The molecule has 0 saturated heterocycles. The zero-order chi connectivity index (χ0) is 6.20. The van der Waals surface area contributed by atoms with Crippen LogP contribution in [0.5, 0.6) is 0 Å². The SMILES string of the molecule is N#CC1(F)CCC1F. The van der Waals surface area contributed by atoms with Crippen LogP contribution in [-0.4, -0.2) is 11.8 Å². The number of nitriles is 1. The van der Waals surface area contributed by atoms with Crippen molar-refractivity contribution in [3.8, 4) is 6.07 Å². The van der Waals surface area contributed by atoms with Crippen molar-refractivity contribution < 1.29 is 8.78 Å². The molecule has 0 bridgehead atoms. The lowest BCUT2D eigenvalue weighted by Crippen LogP contribution is -2.43. The quantitative estimate of drug-likeness (QED) is 0.469. The third kappa shape index (κ3) is 0.492. The van der Waals surface area contributed by atoms with Gasteiger partial charge in [-0.15, -0.1) is 0 Å². The van der Waals surface area contributed by atoms with Crippen LogP contribution in [0.15, 0.2) is 0 Å². The van der Waals surface area contributed by atoms with E-state index in [0.29, 0.717) is 0 Å². The van der Waals surface area contributed by atoms with E-state index in [4.69, 9.17) is 5.26 Å². The van der Waals surface area contributed by atoms with E-state index in [1.807, 2.05) is 0 Å². The molecule has 1 fully saturated rings. The van der Waals surface area contributed by atoms with Crippen LogP contribution in [0.1, 0.15) is 12.8 Å². The number of hydrogen-bond acceptors (Lipinski definition) is 1. The van der Waals surface area contributed by atoms with Crippen molar-refractivity contribution in [3.05, 3.63) is 0 Å². The lowest BCUT2D eigenvalue weighted by molar-refractivity contribution is 0.00985. The maximum absolute atomic E-state index is 12.3. The van der Waals surface area contributed by atoms with Gasteiger partial charge in [-0.2, -0.15) is 5.26 Å². The number of hydrogen-bond donors (Lipinski definition) is 0. The van der Waals surface area contributed by atoms with E-state index in [9.17, 15) is 8.78 Å². The second-order valence-electron chi connectivity index (χ2n) is 1.98. The minimum absolute atomic E-state index is 0.0602. The summed E-state index contributed by atoms with van der Waals surface area (Å²) < 4.78 is 24.3. The summed E-state index contributed by atoms with van der Waals surface area (Å²) in [5.74, 6) is 0. The van der Waals surface area contributed by atoms with Crippen molar-refractivity contribution in [2.24, 2.45) is 0 Å². The highest BCUT2D eigenvalue weighted by Gasteiger charge is 2.48. The molecule has 0 aliphatic heterocycles. The first-order valence-corrected chi connectivity index (χ1v) is 2.43. The molecule has 44 valence electrons. The summed E-state index contributed by atoms with van der Waals surface area (Å²) in [6.45, 7) is 0. The Morgan fingerprint density at radius 2 is 2.38 bits per heavy atom. The van der Waals surface area contributed by atoms with Crippen molar-refractivity contribution in [1.82, 2.24) is 0 Å². The lowest BCUT2D eigenvalue weighted by atomic mass is 9.81. The molecule has 0 radical (unpaired) electrons. The molecule has 0 N–H and O–H groups in total. The summed E-state index contributed by atoms with van der Waals surface area (Å²) in [5.41, 5.74) is -2.14. The maximum Gasteiger partial charge on any atom is 0.227 e. The van der Waals surface area contributed by atoms with Crippen molar-refractivity contribution in [2.45, 2.75) is 24.7 Å². The van der Waals surface area contributed by atoms with Crippen LogP contribution in [0.2, 0.25) is 0 Å². The second-order valence-corrected chi connectivity index (χ2v) is 1.98. The van der Waals surface area contributed by atoms with E-state index in [-0.39, 0.29) is 12.8 Å². The van der Waals surface area contributed by atoms with E-state index in [0.717, 1.165) is 0 Å². The van der Waals surface area contributed by atoms with Crippen molar-refractivity contribution in [1.29, 1.82) is 5.26 Å². The van der Waals surface area contributed by atoms with Crippen LogP contribution >= 0.6 is 0 Å². The second kappa shape index (κ2) is 1.41. The Balaban J connectivity index is 2.59. The summed E-state index contributed by atoms with van der Waals surface area (Å²) in [5, 5.41) is 7.95. The third-order valence-corrected chi connectivity index (χ3v) is 1.44. The molecule has 1 saturated carbocycles. The Kier molecular flexibility index (Phi) is 0.968. The van der Waals surface area contributed by atoms with Gasteiger partial charge in [0.05, 0.1) is 0 Å². The molecule has 2 unspecified atom stereocenters. The normalized spacial score (nSPS) is 44.9. The highest BCUT2D eigenvalue weighted by Crippen LogP contribution is 2.37. The van der Waals surface area contributed by atoms with Gasteiger partial charge >= 0.3 is 0 Å². The standard InChI is InChI=1S/C5H5F2N/c6-4-1-2-5(4,7)3-8/h4H,1-2H2. The maximum atomic E-state index is 12.3. The molecule has 1 rings (SSSR count). The molecule has 1 aliphatic rings. The Morgan fingerprint density at radius 1 is 1.75 bits per heavy atom. The first kappa shape index (κ1) is 5.49. The Labute approximate surface area is 45.9 Å². The average Bonchev–Trinajstić information content (AvgIpc) is 1.83. The van der Waals surface area contributed by atoms with Gasteiger partial charge in [0.1, 0.15) is 12.2 Å². The van der Waals surface area contributed by atoms with E-state index in [1.54, 1.807) is 0 Å². The van der Waals surface area contributed by atoms with Crippen LogP contribution in [0.4, 0.5) is 8.78 Å². The van der Waals surface area contributed by atoms with Crippen LogP contribution in [0.25, 0.3) is 0 Å². The monoisotopic (exact) mass is 117 g/mol. The molecule has 1 nitrogen and oxygen atoms in total. The van der Waals surface area contributed by atoms with E-state index < -0.39 is 11.8 Å². The van der Waals surface area contributed by atoms with Gasteiger partial charge in [-0.1, -0.05) is 0 Å². The average molecular weight is 117 g/mol. The summed E-state index contributed by atoms with van der Waals surface area (Å²) in [6, 6.07) is 1.29. The van der Waals surface area contributed by atoms with Gasteiger partial charge in [-0.25, -0.2) is 8.78 Å². The smallest absolute Gasteiger partial charge is 0.227 e. The van der Waals surface area contributed by atoms with Crippen LogP contribution in [0.3, 0.4) is 0 Å². The minimum Gasteiger partial charge on any atom is -0.243 e. The first-order valence-electron chi connectivity index (χ1n) is 2.43. The summed E-state index contributed by atoms with van der Waals surface area (Å²) in [4.78, 5) is 0. The molecular formula is C5H5F2N. The van der Waals surface area contributed by atoms with Gasteiger partial charge in [0.15, 0.2) is 0 Å². The Hall–Kier alpha value is -0.650. The molecule has 3 heteroatoms. The number of nitrogens with zero attached hydrogens (tertiary/aromatic N) is 1. The number of rotatable bonds is 0. The molecule has 0 aromatic rings. The molecule has 0 amide bonds. The largest absolute Gasteiger partial charge is 0.243 e. The first-order chi connectivity index (χ1) is 3.69. The van der Waals surface area contributed by atoms with E-state index >= 15 is 0 Å². The zero-order valence-electron chi connectivity index (χ0n) is 4.19. The predicted octanol–water partition coefficient (Wildman–Crippen LogP) is 1.35. The summed E-state index contributed by atoms with van der Waals surface area (Å²) in [6.07, 6.45) is -1.28. The van der Waals surface area contributed by atoms with Gasteiger partial charge in [0, 0.05) is 6.42 Å². The van der Waals surface area contributed by atoms with Gasteiger partial charge in [-0.3, -0.25) is 0 Å². The zero-order valence-corrected chi connectivity index (χ0v) is 4.19. The fraction of sp³-hybridized carbons (Fsp3) is 0.800.